The number of carbonyl (C=O) groups is 1. The van der Waals surface area contributed by atoms with Gasteiger partial charge in [0.15, 0.2) is 0 Å². The summed E-state index contributed by atoms with van der Waals surface area (Å²) >= 11 is 0. The van der Waals surface area contributed by atoms with E-state index in [1.165, 1.54) is 11.0 Å². The van der Waals surface area contributed by atoms with Crippen LogP contribution in [0, 0.1) is 5.92 Å². The number of anilines is 1. The fraction of sp³-hybridized carbons (Fsp3) is 0.385. The summed E-state index contributed by atoms with van der Waals surface area (Å²) in [5.74, 6) is 0.151. The minimum absolute atomic E-state index is 0.0529. The highest BCUT2D eigenvalue weighted by Gasteiger charge is 2.13. The second kappa shape index (κ2) is 6.76. The number of nitrogens with one attached hydrogen (secondary N) is 1. The average Bonchev–Trinajstić information content (AvgIpc) is 2.99. The van der Waals surface area contributed by atoms with Gasteiger partial charge in [-0.3, -0.25) is 4.79 Å². The maximum Gasteiger partial charge on any atom is 0.224 e. The van der Waals surface area contributed by atoms with Crippen LogP contribution in [-0.2, 0) is 4.79 Å². The van der Waals surface area contributed by atoms with E-state index in [0.29, 0.717) is 18.7 Å². The SMILES string of the molecule is CCC(CN)CC(=O)Nc1ccccc1-n1cnnn1. The predicted molar refractivity (Wildman–Crippen MR) is 75.2 cm³/mol. The molecule has 0 saturated heterocycles. The molecule has 1 aromatic carbocycles. The van der Waals surface area contributed by atoms with Crippen LogP contribution >= 0.6 is 0 Å². The van der Waals surface area contributed by atoms with Gasteiger partial charge >= 0.3 is 0 Å². The Hall–Kier alpha value is -2.28. The van der Waals surface area contributed by atoms with Crippen LogP contribution in [0.15, 0.2) is 30.6 Å². The molecule has 0 radical (unpaired) electrons. The number of para-hydroxylation sites is 2. The van der Waals surface area contributed by atoms with E-state index in [1.807, 2.05) is 31.2 Å². The topological polar surface area (TPSA) is 98.7 Å². The summed E-state index contributed by atoms with van der Waals surface area (Å²) in [5.41, 5.74) is 7.03. The lowest BCUT2D eigenvalue weighted by atomic mass is 10.0. The third-order valence-corrected chi connectivity index (χ3v) is 3.16. The highest BCUT2D eigenvalue weighted by molar-refractivity contribution is 5.92. The quantitative estimate of drug-likeness (QED) is 0.818. The van der Waals surface area contributed by atoms with Crippen molar-refractivity contribution >= 4 is 11.6 Å². The van der Waals surface area contributed by atoms with Gasteiger partial charge in [0, 0.05) is 6.42 Å². The number of tetrazole rings is 1. The van der Waals surface area contributed by atoms with Crippen molar-refractivity contribution in [2.24, 2.45) is 11.7 Å². The van der Waals surface area contributed by atoms with Crippen LogP contribution in [0.2, 0.25) is 0 Å². The number of hydrogen-bond acceptors (Lipinski definition) is 5. The van der Waals surface area contributed by atoms with Gasteiger partial charge in [0.2, 0.25) is 5.91 Å². The van der Waals surface area contributed by atoms with Gasteiger partial charge in [-0.05, 0) is 35.0 Å². The van der Waals surface area contributed by atoms with Gasteiger partial charge in [0.05, 0.1) is 11.4 Å². The number of rotatable bonds is 6. The average molecular weight is 274 g/mol. The number of aromatic nitrogens is 4. The maximum atomic E-state index is 12.0. The number of benzene rings is 1. The van der Waals surface area contributed by atoms with E-state index in [1.54, 1.807) is 0 Å². The van der Waals surface area contributed by atoms with Crippen LogP contribution in [0.5, 0.6) is 0 Å². The van der Waals surface area contributed by atoms with E-state index in [0.717, 1.165) is 12.1 Å². The van der Waals surface area contributed by atoms with E-state index in [2.05, 4.69) is 20.8 Å². The first-order valence-corrected chi connectivity index (χ1v) is 6.57. The predicted octanol–water partition coefficient (Wildman–Crippen LogP) is 0.976. The Morgan fingerprint density at radius 1 is 1.45 bits per heavy atom. The van der Waals surface area contributed by atoms with Crippen LogP contribution in [0.3, 0.4) is 0 Å². The molecule has 0 aliphatic carbocycles. The molecule has 0 bridgehead atoms. The summed E-state index contributed by atoms with van der Waals surface area (Å²) in [6, 6.07) is 7.37. The monoisotopic (exact) mass is 274 g/mol. The standard InChI is InChI=1S/C13H18N6O/c1-2-10(8-14)7-13(20)16-11-5-3-4-6-12(11)19-9-15-17-18-19/h3-6,9-10H,2,7-8,14H2,1H3,(H,16,20). The van der Waals surface area contributed by atoms with Crippen molar-refractivity contribution in [1.82, 2.24) is 20.2 Å². The lowest BCUT2D eigenvalue weighted by molar-refractivity contribution is -0.117. The zero-order valence-corrected chi connectivity index (χ0v) is 11.4. The Balaban J connectivity index is 2.12. The molecule has 0 aliphatic heterocycles. The lowest BCUT2D eigenvalue weighted by Gasteiger charge is -2.13. The molecule has 1 unspecified atom stereocenters. The van der Waals surface area contributed by atoms with Gasteiger partial charge in [-0.15, -0.1) is 5.10 Å². The molecule has 0 fully saturated rings. The van der Waals surface area contributed by atoms with Gasteiger partial charge in [0.25, 0.3) is 0 Å². The first kappa shape index (κ1) is 14.1. The first-order valence-electron chi connectivity index (χ1n) is 6.57. The van der Waals surface area contributed by atoms with Crippen LogP contribution in [0.4, 0.5) is 5.69 Å². The molecule has 0 saturated carbocycles. The maximum absolute atomic E-state index is 12.0. The normalized spacial score (nSPS) is 12.1. The lowest BCUT2D eigenvalue weighted by Crippen LogP contribution is -2.22. The highest BCUT2D eigenvalue weighted by Crippen LogP contribution is 2.19. The van der Waals surface area contributed by atoms with E-state index in [9.17, 15) is 4.79 Å². The minimum atomic E-state index is -0.0529. The Morgan fingerprint density at radius 2 is 2.25 bits per heavy atom. The van der Waals surface area contributed by atoms with Crippen molar-refractivity contribution in [2.75, 3.05) is 11.9 Å². The van der Waals surface area contributed by atoms with Crippen molar-refractivity contribution in [3.05, 3.63) is 30.6 Å². The van der Waals surface area contributed by atoms with Crippen molar-refractivity contribution in [2.45, 2.75) is 19.8 Å². The van der Waals surface area contributed by atoms with Crippen LogP contribution in [-0.4, -0.2) is 32.7 Å². The fourth-order valence-corrected chi connectivity index (χ4v) is 1.91. The third-order valence-electron chi connectivity index (χ3n) is 3.16. The molecule has 1 amide bonds. The number of nitrogens with zero attached hydrogens (tertiary/aromatic N) is 4. The molecule has 20 heavy (non-hydrogen) atoms. The van der Waals surface area contributed by atoms with Gasteiger partial charge in [-0.2, -0.15) is 4.68 Å². The van der Waals surface area contributed by atoms with Crippen LogP contribution < -0.4 is 11.1 Å². The Labute approximate surface area is 117 Å². The number of hydrogen-bond donors (Lipinski definition) is 2. The highest BCUT2D eigenvalue weighted by atomic mass is 16.1. The molecule has 0 spiro atoms. The van der Waals surface area contributed by atoms with Gasteiger partial charge in [-0.25, -0.2) is 0 Å². The second-order valence-corrected chi connectivity index (χ2v) is 4.53. The number of amides is 1. The Bertz CT molecular complexity index is 550. The molecular formula is C13H18N6O. The van der Waals surface area contributed by atoms with Gasteiger partial charge in [-0.1, -0.05) is 25.5 Å². The van der Waals surface area contributed by atoms with Gasteiger partial charge in [0.1, 0.15) is 6.33 Å². The van der Waals surface area contributed by atoms with Gasteiger partial charge < -0.3 is 11.1 Å². The Kier molecular flexibility index (Phi) is 4.78. The molecule has 7 nitrogen and oxygen atoms in total. The van der Waals surface area contributed by atoms with E-state index < -0.39 is 0 Å². The van der Waals surface area contributed by atoms with Crippen molar-refractivity contribution in [3.8, 4) is 5.69 Å². The molecule has 1 aromatic heterocycles. The summed E-state index contributed by atoms with van der Waals surface area (Å²) in [6.45, 7) is 2.54. The molecule has 1 heterocycles. The first-order chi connectivity index (χ1) is 9.74. The summed E-state index contributed by atoms with van der Waals surface area (Å²) in [7, 11) is 0. The molecule has 2 aromatic rings. The molecule has 3 N–H and O–H groups in total. The third kappa shape index (κ3) is 3.39. The zero-order valence-electron chi connectivity index (χ0n) is 11.4. The summed E-state index contributed by atoms with van der Waals surface area (Å²) in [5, 5.41) is 13.9. The van der Waals surface area contributed by atoms with E-state index in [-0.39, 0.29) is 11.8 Å². The molecule has 7 heteroatoms. The van der Waals surface area contributed by atoms with E-state index >= 15 is 0 Å². The van der Waals surface area contributed by atoms with Crippen molar-refractivity contribution in [1.29, 1.82) is 0 Å². The molecular weight excluding hydrogens is 256 g/mol. The Morgan fingerprint density at radius 3 is 2.90 bits per heavy atom. The van der Waals surface area contributed by atoms with Crippen LogP contribution in [0.1, 0.15) is 19.8 Å². The fourth-order valence-electron chi connectivity index (χ4n) is 1.91. The molecule has 106 valence electrons. The van der Waals surface area contributed by atoms with Crippen molar-refractivity contribution in [3.63, 3.8) is 0 Å². The summed E-state index contributed by atoms with van der Waals surface area (Å²) in [6.07, 6.45) is 2.79. The van der Waals surface area contributed by atoms with Crippen LogP contribution in [0.25, 0.3) is 5.69 Å². The number of carbonyl (C=O) groups excluding carboxylic acids is 1. The van der Waals surface area contributed by atoms with E-state index in [4.69, 9.17) is 5.73 Å². The summed E-state index contributed by atoms with van der Waals surface area (Å²) in [4.78, 5) is 12.0. The number of nitrogens with two attached hydrogens (primary N) is 1. The molecule has 1 atom stereocenters. The molecule has 0 aliphatic rings. The summed E-state index contributed by atoms with van der Waals surface area (Å²) < 4.78 is 1.51. The minimum Gasteiger partial charge on any atom is -0.330 e. The second-order valence-electron chi connectivity index (χ2n) is 4.53. The smallest absolute Gasteiger partial charge is 0.224 e. The largest absolute Gasteiger partial charge is 0.330 e. The van der Waals surface area contributed by atoms with Crippen molar-refractivity contribution < 1.29 is 4.79 Å². The molecule has 2 rings (SSSR count). The zero-order chi connectivity index (χ0) is 14.4.